The lowest BCUT2D eigenvalue weighted by Crippen LogP contribution is -2.61. The van der Waals surface area contributed by atoms with Gasteiger partial charge in [-0.3, -0.25) is 0 Å². The zero-order valence-electron chi connectivity index (χ0n) is 13.0. The van der Waals surface area contributed by atoms with Crippen molar-refractivity contribution in [3.8, 4) is 0 Å². The number of nitrogens with one attached hydrogen (secondary N) is 3. The molecular formula is C17H29N3O. The normalized spacial score (nSPS) is 44.0. The second-order valence-corrected chi connectivity index (χ2v) is 8.16. The van der Waals surface area contributed by atoms with E-state index in [1.54, 1.807) is 0 Å². The lowest BCUT2D eigenvalue weighted by molar-refractivity contribution is -0.0135. The molecule has 1 aliphatic heterocycles. The second-order valence-electron chi connectivity index (χ2n) is 8.16. The van der Waals surface area contributed by atoms with Crippen LogP contribution in [0.2, 0.25) is 0 Å². The molecule has 0 spiro atoms. The summed E-state index contributed by atoms with van der Waals surface area (Å²) in [6, 6.07) is 0.694. The highest BCUT2D eigenvalue weighted by molar-refractivity contribution is 5.74. The van der Waals surface area contributed by atoms with Gasteiger partial charge in [0, 0.05) is 18.1 Å². The summed E-state index contributed by atoms with van der Waals surface area (Å²) in [6.07, 6.45) is 11.6. The van der Waals surface area contributed by atoms with E-state index >= 15 is 0 Å². The smallest absolute Gasteiger partial charge is 0.315 e. The van der Waals surface area contributed by atoms with E-state index in [4.69, 9.17) is 0 Å². The lowest BCUT2D eigenvalue weighted by atomic mass is 9.53. The van der Waals surface area contributed by atoms with Crippen molar-refractivity contribution >= 4 is 6.03 Å². The number of urea groups is 1. The highest BCUT2D eigenvalue weighted by Crippen LogP contribution is 2.55. The fourth-order valence-corrected chi connectivity index (χ4v) is 5.91. The Morgan fingerprint density at radius 3 is 2.33 bits per heavy atom. The minimum Gasteiger partial charge on any atom is -0.338 e. The van der Waals surface area contributed by atoms with Crippen LogP contribution in [0.25, 0.3) is 0 Å². The topological polar surface area (TPSA) is 53.2 Å². The van der Waals surface area contributed by atoms with Gasteiger partial charge in [0.25, 0.3) is 0 Å². The molecule has 0 aromatic rings. The van der Waals surface area contributed by atoms with Crippen molar-refractivity contribution in [2.75, 3.05) is 13.1 Å². The maximum atomic E-state index is 12.3. The van der Waals surface area contributed by atoms with Crippen LogP contribution in [0.4, 0.5) is 4.79 Å². The molecule has 3 N–H and O–H groups in total. The van der Waals surface area contributed by atoms with E-state index in [2.05, 4.69) is 16.0 Å². The summed E-state index contributed by atoms with van der Waals surface area (Å²) in [6.45, 7) is 1.94. The van der Waals surface area contributed by atoms with E-state index in [1.807, 2.05) is 0 Å². The van der Waals surface area contributed by atoms with Crippen LogP contribution < -0.4 is 16.0 Å². The molecule has 4 saturated carbocycles. The van der Waals surface area contributed by atoms with Gasteiger partial charge >= 0.3 is 6.03 Å². The molecule has 5 fully saturated rings. The van der Waals surface area contributed by atoms with E-state index < -0.39 is 0 Å². The lowest BCUT2D eigenvalue weighted by Gasteiger charge is -2.56. The molecule has 1 saturated heterocycles. The maximum Gasteiger partial charge on any atom is 0.315 e. The zero-order chi connectivity index (χ0) is 14.3. The van der Waals surface area contributed by atoms with Gasteiger partial charge in [-0.1, -0.05) is 0 Å². The summed E-state index contributed by atoms with van der Waals surface area (Å²) in [4.78, 5) is 12.3. The molecule has 5 aliphatic rings. The first-order chi connectivity index (χ1) is 10.2. The van der Waals surface area contributed by atoms with Crippen LogP contribution in [0.3, 0.4) is 0 Å². The predicted molar refractivity (Wildman–Crippen MR) is 83.1 cm³/mol. The molecule has 4 nitrogen and oxygen atoms in total. The largest absolute Gasteiger partial charge is 0.338 e. The number of amides is 2. The van der Waals surface area contributed by atoms with Crippen molar-refractivity contribution in [2.45, 2.75) is 69.4 Å². The summed E-state index contributed by atoms with van der Waals surface area (Å²) < 4.78 is 0. The summed E-state index contributed by atoms with van der Waals surface area (Å²) in [5.41, 5.74) is 0.143. The Kier molecular flexibility index (Phi) is 3.60. The minimum absolute atomic E-state index is 0.0787. The molecule has 21 heavy (non-hydrogen) atoms. The number of carbonyl (C=O) groups is 1. The molecule has 1 atom stereocenters. The predicted octanol–water partition coefficient (Wildman–Crippen LogP) is 2.40. The maximum absolute atomic E-state index is 12.3. The number of carbonyl (C=O) groups excluding carboxylic acids is 1. The van der Waals surface area contributed by atoms with Gasteiger partial charge in [0.15, 0.2) is 0 Å². The quantitative estimate of drug-likeness (QED) is 0.745. The summed E-state index contributed by atoms with van der Waals surface area (Å²) in [5, 5.41) is 9.96. The van der Waals surface area contributed by atoms with Gasteiger partial charge < -0.3 is 16.0 Å². The standard InChI is InChI=1S/C17H29N3O/c21-16(19-5-3-15-2-1-4-18-15)20-17-9-12-6-13(10-17)8-14(7-12)11-17/h12-15,18H,1-11H2,(H2,19,20,21)/t12?,13?,14?,15-,17?/m0/s1. The van der Waals surface area contributed by atoms with Crippen molar-refractivity contribution in [3.05, 3.63) is 0 Å². The van der Waals surface area contributed by atoms with Crippen LogP contribution in [0.15, 0.2) is 0 Å². The monoisotopic (exact) mass is 291 g/mol. The Morgan fingerprint density at radius 1 is 1.10 bits per heavy atom. The van der Waals surface area contributed by atoms with Gasteiger partial charge in [0.05, 0.1) is 0 Å². The summed E-state index contributed by atoms with van der Waals surface area (Å²) >= 11 is 0. The van der Waals surface area contributed by atoms with Crippen molar-refractivity contribution in [2.24, 2.45) is 17.8 Å². The SMILES string of the molecule is O=C(NCC[C@@H]1CCCN1)NC12CC3CC(CC(C3)C1)C2. The van der Waals surface area contributed by atoms with Crippen LogP contribution in [-0.2, 0) is 0 Å². The molecule has 0 aromatic heterocycles. The number of hydrogen-bond acceptors (Lipinski definition) is 2. The van der Waals surface area contributed by atoms with Crippen LogP contribution in [-0.4, -0.2) is 30.7 Å². The summed E-state index contributed by atoms with van der Waals surface area (Å²) in [5.74, 6) is 2.66. The third kappa shape index (κ3) is 2.92. The van der Waals surface area contributed by atoms with Crippen molar-refractivity contribution in [1.82, 2.24) is 16.0 Å². The van der Waals surface area contributed by atoms with Crippen LogP contribution in [0, 0.1) is 17.8 Å². The van der Waals surface area contributed by atoms with Crippen LogP contribution in [0.1, 0.15) is 57.8 Å². The van der Waals surface area contributed by atoms with E-state index in [0.717, 1.165) is 37.3 Å². The molecule has 0 radical (unpaired) electrons. The van der Waals surface area contributed by atoms with E-state index in [0.29, 0.717) is 6.04 Å². The van der Waals surface area contributed by atoms with Gasteiger partial charge in [-0.2, -0.15) is 0 Å². The van der Waals surface area contributed by atoms with Gasteiger partial charge in [0.1, 0.15) is 0 Å². The Morgan fingerprint density at radius 2 is 1.76 bits per heavy atom. The van der Waals surface area contributed by atoms with Crippen molar-refractivity contribution in [1.29, 1.82) is 0 Å². The average Bonchev–Trinajstić information content (AvgIpc) is 2.89. The molecule has 4 bridgehead atoms. The fourth-order valence-electron chi connectivity index (χ4n) is 5.91. The fraction of sp³-hybridized carbons (Fsp3) is 0.941. The minimum atomic E-state index is 0.0787. The Hall–Kier alpha value is -0.770. The highest BCUT2D eigenvalue weighted by atomic mass is 16.2. The van der Waals surface area contributed by atoms with E-state index in [9.17, 15) is 4.79 Å². The Balaban J connectivity index is 1.26. The molecular weight excluding hydrogens is 262 g/mol. The first kappa shape index (κ1) is 13.9. The average molecular weight is 291 g/mol. The molecule has 118 valence electrons. The molecule has 0 unspecified atom stereocenters. The number of rotatable bonds is 4. The summed E-state index contributed by atoms with van der Waals surface area (Å²) in [7, 11) is 0. The Labute approximate surface area is 127 Å². The number of hydrogen-bond donors (Lipinski definition) is 3. The zero-order valence-corrected chi connectivity index (χ0v) is 13.0. The Bertz CT molecular complexity index is 368. The van der Waals surface area contributed by atoms with Crippen LogP contribution in [0.5, 0.6) is 0 Å². The van der Waals surface area contributed by atoms with E-state index in [1.165, 1.54) is 51.4 Å². The van der Waals surface area contributed by atoms with E-state index in [-0.39, 0.29) is 11.6 Å². The molecule has 2 amide bonds. The van der Waals surface area contributed by atoms with Gasteiger partial charge in [-0.25, -0.2) is 4.79 Å². The van der Waals surface area contributed by atoms with Crippen molar-refractivity contribution < 1.29 is 4.79 Å². The van der Waals surface area contributed by atoms with Gasteiger partial charge in [-0.05, 0) is 82.1 Å². The third-order valence-electron chi connectivity index (χ3n) is 6.36. The molecule has 0 aromatic carbocycles. The van der Waals surface area contributed by atoms with Crippen molar-refractivity contribution in [3.63, 3.8) is 0 Å². The molecule has 5 rings (SSSR count). The third-order valence-corrected chi connectivity index (χ3v) is 6.36. The van der Waals surface area contributed by atoms with Crippen LogP contribution >= 0.6 is 0 Å². The van der Waals surface area contributed by atoms with Gasteiger partial charge in [0.2, 0.25) is 0 Å². The van der Waals surface area contributed by atoms with Gasteiger partial charge in [-0.15, -0.1) is 0 Å². The first-order valence-electron chi connectivity index (χ1n) is 9.00. The second kappa shape index (κ2) is 5.45. The molecule has 4 aliphatic carbocycles. The molecule has 1 heterocycles. The molecule has 4 heteroatoms. The highest BCUT2D eigenvalue weighted by Gasteiger charge is 2.51. The first-order valence-corrected chi connectivity index (χ1v) is 9.00.